The van der Waals surface area contributed by atoms with Crippen molar-refractivity contribution in [1.82, 2.24) is 0 Å². The van der Waals surface area contributed by atoms with E-state index in [0.717, 1.165) is 11.3 Å². The summed E-state index contributed by atoms with van der Waals surface area (Å²) in [4.78, 5) is 0. The number of hydrogen-bond acceptors (Lipinski definition) is 0. The predicted molar refractivity (Wildman–Crippen MR) is 141 cm³/mol. The van der Waals surface area contributed by atoms with Gasteiger partial charge in [0.25, 0.3) is 0 Å². The molecule has 5 rings (SSSR count). The molecule has 0 atom stereocenters. The van der Waals surface area contributed by atoms with Gasteiger partial charge in [-0.3, -0.25) is 0 Å². The highest BCUT2D eigenvalue weighted by Gasteiger charge is 2.32. The molecule has 0 radical (unpaired) electrons. The van der Waals surface area contributed by atoms with Gasteiger partial charge in [-0.25, -0.2) is 0 Å². The molecule has 0 bridgehead atoms. The van der Waals surface area contributed by atoms with Gasteiger partial charge in [-0.15, -0.1) is 7.53 Å². The molecule has 2 aliphatic rings. The van der Waals surface area contributed by atoms with Crippen molar-refractivity contribution in [3.63, 3.8) is 0 Å². The molecule has 2 saturated carbocycles. The van der Waals surface area contributed by atoms with E-state index in [1.165, 1.54) is 81.2 Å². The summed E-state index contributed by atoms with van der Waals surface area (Å²) >= 11 is 0. The van der Waals surface area contributed by atoms with Crippen molar-refractivity contribution in [1.29, 1.82) is 0 Å². The van der Waals surface area contributed by atoms with E-state index in [-0.39, 0.29) is 15.5 Å². The summed E-state index contributed by atoms with van der Waals surface area (Å²) in [5.41, 5.74) is 4.98. The molecule has 2 aliphatic carbocycles. The molecule has 162 valence electrons. The monoisotopic (exact) mass is 446 g/mol. The molecule has 1 heterocycles. The molecular weight excluding hydrogens is 410 g/mol. The number of hydrogen-bond donors (Lipinski definition) is 0. The molecule has 0 spiro atoms. The van der Waals surface area contributed by atoms with Crippen molar-refractivity contribution in [3.05, 3.63) is 72.8 Å². The molecule has 2 fully saturated rings. The number of rotatable bonds is 6. The van der Waals surface area contributed by atoms with Gasteiger partial charge in [-0.05, 0) is 60.3 Å². The Morgan fingerprint density at radius 1 is 0.548 bits per heavy atom. The van der Waals surface area contributed by atoms with Gasteiger partial charge >= 0.3 is 0 Å². The van der Waals surface area contributed by atoms with Crippen LogP contribution in [0.5, 0.6) is 0 Å². The highest BCUT2D eigenvalue weighted by atomic mass is 31.2. The molecule has 0 nitrogen and oxygen atoms in total. The van der Waals surface area contributed by atoms with E-state index < -0.39 is 0 Å². The van der Waals surface area contributed by atoms with Gasteiger partial charge in [0.2, 0.25) is 0 Å². The third-order valence-corrected chi connectivity index (χ3v) is 14.8. The molecule has 0 N–H and O–H groups in total. The summed E-state index contributed by atoms with van der Waals surface area (Å²) in [6.45, 7) is 0. The van der Waals surface area contributed by atoms with Gasteiger partial charge in [0, 0.05) is 16.5 Å². The summed E-state index contributed by atoms with van der Waals surface area (Å²) in [7, 11) is -0.157. The molecular formula is C29H36P2. The van der Waals surface area contributed by atoms with Crippen LogP contribution >= 0.6 is 15.5 Å². The third kappa shape index (κ3) is 5.02. The first kappa shape index (κ1) is 21.5. The maximum atomic E-state index is 2.47. The van der Waals surface area contributed by atoms with Crippen LogP contribution in [0.3, 0.4) is 0 Å². The second kappa shape index (κ2) is 10.5. The van der Waals surface area contributed by atoms with Crippen LogP contribution < -0.4 is 0 Å². The average Bonchev–Trinajstić information content (AvgIpc) is 3.28. The zero-order chi connectivity index (χ0) is 20.9. The first-order chi connectivity index (χ1) is 15.4. The topological polar surface area (TPSA) is 0 Å². The summed E-state index contributed by atoms with van der Waals surface area (Å²) in [5.74, 6) is 1.47. The van der Waals surface area contributed by atoms with Crippen molar-refractivity contribution < 1.29 is 0 Å². The molecule has 2 heteroatoms. The maximum absolute atomic E-state index is 2.47. The van der Waals surface area contributed by atoms with E-state index in [0.29, 0.717) is 0 Å². The Balaban J connectivity index is 1.55. The lowest BCUT2D eigenvalue weighted by atomic mass is 9.99. The Kier molecular flexibility index (Phi) is 7.29. The fourth-order valence-corrected chi connectivity index (χ4v) is 14.6. The van der Waals surface area contributed by atoms with E-state index in [1.54, 1.807) is 10.6 Å². The first-order valence-corrected chi connectivity index (χ1v) is 15.7. The SMILES string of the molecule is c1ccc(-c2ccc(-c3ccccc3)p2CP(C2CCCCC2)C2CCCCC2)cc1. The molecule has 0 aliphatic heterocycles. The fourth-order valence-electron chi connectivity index (χ4n) is 5.86. The van der Waals surface area contributed by atoms with Gasteiger partial charge in [0.05, 0.1) is 0 Å². The Morgan fingerprint density at radius 2 is 0.968 bits per heavy atom. The average molecular weight is 447 g/mol. The van der Waals surface area contributed by atoms with Crippen LogP contribution in [0, 0.1) is 0 Å². The lowest BCUT2D eigenvalue weighted by Gasteiger charge is -2.39. The van der Waals surface area contributed by atoms with Crippen molar-refractivity contribution in [3.8, 4) is 21.7 Å². The van der Waals surface area contributed by atoms with E-state index in [1.807, 2.05) is 0 Å². The Labute approximate surface area is 191 Å². The zero-order valence-corrected chi connectivity index (χ0v) is 20.5. The van der Waals surface area contributed by atoms with Crippen LogP contribution in [0.4, 0.5) is 0 Å². The predicted octanol–water partition coefficient (Wildman–Crippen LogP) is 10.1. The van der Waals surface area contributed by atoms with Gasteiger partial charge in [0.15, 0.2) is 0 Å². The first-order valence-electron chi connectivity index (χ1n) is 12.5. The van der Waals surface area contributed by atoms with Gasteiger partial charge in [-0.2, -0.15) is 0 Å². The lowest BCUT2D eigenvalue weighted by molar-refractivity contribution is 0.484. The van der Waals surface area contributed by atoms with Crippen LogP contribution in [-0.4, -0.2) is 11.3 Å². The summed E-state index contributed by atoms with van der Waals surface area (Å²) < 4.78 is 0. The summed E-state index contributed by atoms with van der Waals surface area (Å²) in [5, 5.41) is 3.27. The fraction of sp³-hybridized carbons (Fsp3) is 0.448. The molecule has 0 amide bonds. The summed E-state index contributed by atoms with van der Waals surface area (Å²) in [6, 6.07) is 27.5. The minimum Gasteiger partial charge on any atom is -0.104 e. The van der Waals surface area contributed by atoms with E-state index in [4.69, 9.17) is 0 Å². The Morgan fingerprint density at radius 3 is 1.39 bits per heavy atom. The molecule has 2 aromatic carbocycles. The van der Waals surface area contributed by atoms with Gasteiger partial charge < -0.3 is 0 Å². The largest absolute Gasteiger partial charge is 0.104 e. The van der Waals surface area contributed by atoms with Gasteiger partial charge in [-0.1, -0.05) is 107 Å². The van der Waals surface area contributed by atoms with E-state index >= 15 is 0 Å². The Hall–Kier alpha value is -1.35. The van der Waals surface area contributed by atoms with Crippen molar-refractivity contribution in [2.75, 3.05) is 0 Å². The van der Waals surface area contributed by atoms with Crippen LogP contribution in [0.25, 0.3) is 21.7 Å². The molecule has 1 aromatic heterocycles. The normalized spacial score (nSPS) is 18.5. The van der Waals surface area contributed by atoms with Crippen LogP contribution in [0.15, 0.2) is 72.8 Å². The van der Waals surface area contributed by atoms with Crippen molar-refractivity contribution in [2.45, 2.75) is 81.4 Å². The lowest BCUT2D eigenvalue weighted by Crippen LogP contribution is -2.20. The second-order valence-electron chi connectivity index (χ2n) is 9.50. The molecule has 0 unspecified atom stereocenters. The molecule has 0 saturated heterocycles. The van der Waals surface area contributed by atoms with Gasteiger partial charge in [0.1, 0.15) is 0 Å². The van der Waals surface area contributed by atoms with Crippen molar-refractivity contribution >= 4 is 15.5 Å². The van der Waals surface area contributed by atoms with Crippen LogP contribution in [0.2, 0.25) is 0 Å². The highest BCUT2D eigenvalue weighted by Crippen LogP contribution is 2.66. The van der Waals surface area contributed by atoms with E-state index in [2.05, 4.69) is 72.8 Å². The molecule has 31 heavy (non-hydrogen) atoms. The summed E-state index contributed by atoms with van der Waals surface area (Å²) in [6.07, 6.45) is 14.9. The third-order valence-electron chi connectivity index (χ3n) is 7.51. The van der Waals surface area contributed by atoms with Crippen molar-refractivity contribution in [2.24, 2.45) is 0 Å². The molecule has 3 aromatic rings. The standard InChI is InChI=1S/C29H36P2/c1-5-13-24(14-6-1)28-21-22-29(25-15-7-2-8-16-25)31(28)23-30(26-17-9-3-10-18-26)27-19-11-4-12-20-27/h1-2,5-8,13-16,21-22,26-27H,3-4,9-12,17-20,23H2. The van der Waals surface area contributed by atoms with Crippen LogP contribution in [-0.2, 0) is 5.90 Å². The minimum absolute atomic E-state index is 0.105. The minimum atomic E-state index is -0.262. The van der Waals surface area contributed by atoms with Crippen LogP contribution in [0.1, 0.15) is 64.2 Å². The quantitative estimate of drug-likeness (QED) is 0.330. The van der Waals surface area contributed by atoms with E-state index in [9.17, 15) is 0 Å². The highest BCUT2D eigenvalue weighted by molar-refractivity contribution is 7.72. The second-order valence-corrected chi connectivity index (χ2v) is 14.9. The zero-order valence-electron chi connectivity index (χ0n) is 18.8. The maximum Gasteiger partial charge on any atom is 0.00796 e. The smallest absolute Gasteiger partial charge is 0.00796 e. The number of benzene rings is 2. The Bertz CT molecular complexity index is 856.